The van der Waals surface area contributed by atoms with Crippen LogP contribution in [0.1, 0.15) is 5.69 Å². The Balaban J connectivity index is 2.25. The molecule has 0 aliphatic carbocycles. The molecule has 0 bridgehead atoms. The number of halogens is 6. The summed E-state index contributed by atoms with van der Waals surface area (Å²) in [6.07, 6.45) is -4.87. The molecule has 11 heteroatoms. The predicted molar refractivity (Wildman–Crippen MR) is 97.5 cm³/mol. The summed E-state index contributed by atoms with van der Waals surface area (Å²) in [7, 11) is -3.52. The summed E-state index contributed by atoms with van der Waals surface area (Å²) < 4.78 is 90.4. The van der Waals surface area contributed by atoms with Crippen LogP contribution in [0, 0.1) is 0 Å². The Hall–Kier alpha value is -2.46. The second-order valence-electron chi connectivity index (χ2n) is 6.20. The molecule has 0 spiro atoms. The van der Waals surface area contributed by atoms with Crippen LogP contribution in [0.15, 0.2) is 53.4 Å². The van der Waals surface area contributed by atoms with Gasteiger partial charge in [-0.2, -0.15) is 27.1 Å². The van der Waals surface area contributed by atoms with Crippen molar-refractivity contribution in [2.24, 2.45) is 0 Å². The Bertz CT molecular complexity index is 1140. The van der Waals surface area contributed by atoms with Crippen molar-refractivity contribution < 1.29 is 30.4 Å². The molecular formula is C18H12ClF5N2O2S. The predicted octanol–water partition coefficient (Wildman–Crippen LogP) is 5.45. The van der Waals surface area contributed by atoms with Gasteiger partial charge in [0.15, 0.2) is 9.84 Å². The van der Waals surface area contributed by atoms with Crippen molar-refractivity contribution in [3.8, 4) is 22.4 Å². The number of nitrogens with one attached hydrogen (secondary N) is 1. The quantitative estimate of drug-likeness (QED) is 0.537. The second-order valence-corrected chi connectivity index (χ2v) is 8.65. The van der Waals surface area contributed by atoms with Gasteiger partial charge >= 0.3 is 12.1 Å². The lowest BCUT2D eigenvalue weighted by atomic mass is 9.96. The highest BCUT2D eigenvalue weighted by Gasteiger charge is 2.61. The van der Waals surface area contributed by atoms with Gasteiger partial charge in [0.2, 0.25) is 0 Å². The summed E-state index contributed by atoms with van der Waals surface area (Å²) in [4.78, 5) is -0.0364. The zero-order chi connectivity index (χ0) is 21.6. The topological polar surface area (TPSA) is 62.8 Å². The normalized spacial score (nSPS) is 12.9. The third kappa shape index (κ3) is 3.99. The van der Waals surface area contributed by atoms with Crippen LogP contribution in [0.5, 0.6) is 0 Å². The Labute approximate surface area is 167 Å². The van der Waals surface area contributed by atoms with Crippen molar-refractivity contribution in [3.63, 3.8) is 0 Å². The Morgan fingerprint density at radius 2 is 1.41 bits per heavy atom. The van der Waals surface area contributed by atoms with E-state index in [1.165, 1.54) is 48.5 Å². The van der Waals surface area contributed by atoms with E-state index in [1.807, 2.05) is 0 Å². The number of aromatic amines is 1. The fraction of sp³-hybridized carbons (Fsp3) is 0.167. The van der Waals surface area contributed by atoms with Gasteiger partial charge in [0.1, 0.15) is 11.4 Å². The molecule has 0 atom stereocenters. The van der Waals surface area contributed by atoms with Crippen molar-refractivity contribution >= 4 is 21.4 Å². The van der Waals surface area contributed by atoms with Gasteiger partial charge in [-0.25, -0.2) is 8.42 Å². The SMILES string of the molecule is CS(=O)(=O)c1ccc(-c2n[nH]c(C(F)(F)C(F)(F)F)c2-c2ccc(Cl)cc2)cc1. The molecule has 1 heterocycles. The van der Waals surface area contributed by atoms with Crippen molar-refractivity contribution in [1.82, 2.24) is 10.2 Å². The van der Waals surface area contributed by atoms with E-state index in [1.54, 1.807) is 5.10 Å². The van der Waals surface area contributed by atoms with Crippen LogP contribution in [-0.2, 0) is 15.8 Å². The lowest BCUT2D eigenvalue weighted by Crippen LogP contribution is -2.34. The average Bonchev–Trinajstić information content (AvgIpc) is 3.06. The number of nitrogens with zero attached hydrogens (tertiary/aromatic N) is 1. The molecule has 3 rings (SSSR count). The summed E-state index contributed by atoms with van der Waals surface area (Å²) in [6, 6.07) is 10.3. The number of rotatable bonds is 4. The first kappa shape index (κ1) is 21.3. The minimum Gasteiger partial charge on any atom is -0.275 e. The van der Waals surface area contributed by atoms with Crippen LogP contribution in [0.4, 0.5) is 22.0 Å². The first-order valence-corrected chi connectivity index (χ1v) is 10.2. The standard InChI is InChI=1S/C18H12ClF5N2O2S/c1-29(27,28)13-8-4-11(5-9-13)15-14(10-2-6-12(19)7-3-10)16(26-25-15)17(20,21)18(22,23)24/h2-9H,1H3,(H,25,26). The Morgan fingerprint density at radius 3 is 1.90 bits per heavy atom. The van der Waals surface area contributed by atoms with Crippen LogP contribution in [-0.4, -0.2) is 31.0 Å². The van der Waals surface area contributed by atoms with Crippen molar-refractivity contribution in [3.05, 3.63) is 59.2 Å². The van der Waals surface area contributed by atoms with Crippen LogP contribution in [0.2, 0.25) is 5.02 Å². The number of hydrogen-bond donors (Lipinski definition) is 1. The van der Waals surface area contributed by atoms with Crippen LogP contribution in [0.3, 0.4) is 0 Å². The maximum atomic E-state index is 14.1. The Morgan fingerprint density at radius 1 is 0.897 bits per heavy atom. The number of H-pyrrole nitrogens is 1. The lowest BCUT2D eigenvalue weighted by Gasteiger charge is -2.20. The average molecular weight is 451 g/mol. The summed E-state index contributed by atoms with van der Waals surface area (Å²) in [5.74, 6) is -5.19. The van der Waals surface area contributed by atoms with Crippen LogP contribution < -0.4 is 0 Å². The highest BCUT2D eigenvalue weighted by atomic mass is 35.5. The molecular weight excluding hydrogens is 439 g/mol. The molecule has 1 N–H and O–H groups in total. The van der Waals surface area contributed by atoms with E-state index in [4.69, 9.17) is 11.6 Å². The smallest absolute Gasteiger partial charge is 0.275 e. The largest absolute Gasteiger partial charge is 0.459 e. The highest BCUT2D eigenvalue weighted by molar-refractivity contribution is 7.90. The molecule has 0 aliphatic heterocycles. The van der Waals surface area contributed by atoms with Gasteiger partial charge in [-0.1, -0.05) is 35.9 Å². The van der Waals surface area contributed by atoms with Gasteiger partial charge in [0.05, 0.1) is 4.90 Å². The van der Waals surface area contributed by atoms with Gasteiger partial charge in [-0.15, -0.1) is 0 Å². The molecule has 0 saturated carbocycles. The molecule has 0 saturated heterocycles. The third-order valence-electron chi connectivity index (χ3n) is 4.13. The molecule has 29 heavy (non-hydrogen) atoms. The van der Waals surface area contributed by atoms with E-state index < -0.39 is 33.2 Å². The molecule has 3 aromatic rings. The van der Waals surface area contributed by atoms with E-state index in [2.05, 4.69) is 5.10 Å². The van der Waals surface area contributed by atoms with Gasteiger partial charge in [0, 0.05) is 22.4 Å². The summed E-state index contributed by atoms with van der Waals surface area (Å²) >= 11 is 5.78. The maximum Gasteiger partial charge on any atom is 0.459 e. The van der Waals surface area contributed by atoms with Crippen LogP contribution in [0.25, 0.3) is 22.4 Å². The van der Waals surface area contributed by atoms with Crippen LogP contribution >= 0.6 is 11.6 Å². The number of sulfone groups is 1. The minimum atomic E-state index is -5.85. The van der Waals surface area contributed by atoms with E-state index in [-0.39, 0.29) is 26.7 Å². The molecule has 1 aromatic heterocycles. The fourth-order valence-electron chi connectivity index (χ4n) is 2.68. The second kappa shape index (κ2) is 7.10. The summed E-state index contributed by atoms with van der Waals surface area (Å²) in [5.41, 5.74) is -1.89. The van der Waals surface area contributed by atoms with Crippen molar-refractivity contribution in [2.45, 2.75) is 17.0 Å². The fourth-order valence-corrected chi connectivity index (χ4v) is 3.43. The van der Waals surface area contributed by atoms with E-state index in [0.29, 0.717) is 0 Å². The van der Waals surface area contributed by atoms with E-state index in [9.17, 15) is 30.4 Å². The summed E-state index contributed by atoms with van der Waals surface area (Å²) in [6.45, 7) is 0. The molecule has 2 aromatic carbocycles. The van der Waals surface area contributed by atoms with E-state index in [0.717, 1.165) is 6.26 Å². The van der Waals surface area contributed by atoms with Gasteiger partial charge in [0.25, 0.3) is 0 Å². The van der Waals surface area contributed by atoms with Gasteiger partial charge in [-0.05, 0) is 29.8 Å². The first-order chi connectivity index (χ1) is 13.3. The molecule has 0 fully saturated rings. The molecule has 4 nitrogen and oxygen atoms in total. The van der Waals surface area contributed by atoms with E-state index >= 15 is 0 Å². The molecule has 154 valence electrons. The zero-order valence-corrected chi connectivity index (χ0v) is 16.1. The molecule has 0 unspecified atom stereocenters. The monoisotopic (exact) mass is 450 g/mol. The Kier molecular flexibility index (Phi) is 5.20. The summed E-state index contributed by atoms with van der Waals surface area (Å²) in [5, 5.41) is 5.74. The number of benzene rings is 2. The maximum absolute atomic E-state index is 14.1. The number of aromatic nitrogens is 2. The highest BCUT2D eigenvalue weighted by Crippen LogP contribution is 2.48. The van der Waals surface area contributed by atoms with Crippen molar-refractivity contribution in [1.29, 1.82) is 0 Å². The zero-order valence-electron chi connectivity index (χ0n) is 14.6. The third-order valence-corrected chi connectivity index (χ3v) is 5.51. The van der Waals surface area contributed by atoms with Gasteiger partial charge in [-0.3, -0.25) is 5.10 Å². The minimum absolute atomic E-state index is 0.0317. The number of hydrogen-bond acceptors (Lipinski definition) is 3. The molecule has 0 amide bonds. The first-order valence-electron chi connectivity index (χ1n) is 7.92. The number of alkyl halides is 5. The molecule has 0 radical (unpaired) electrons. The van der Waals surface area contributed by atoms with Gasteiger partial charge < -0.3 is 0 Å². The lowest BCUT2D eigenvalue weighted by molar-refractivity contribution is -0.290. The van der Waals surface area contributed by atoms with Crippen molar-refractivity contribution in [2.75, 3.05) is 6.26 Å². The molecule has 0 aliphatic rings.